The lowest BCUT2D eigenvalue weighted by atomic mass is 10.2. The van der Waals surface area contributed by atoms with Gasteiger partial charge in [-0.05, 0) is 32.0 Å². The number of aromatic nitrogens is 3. The van der Waals surface area contributed by atoms with E-state index in [2.05, 4.69) is 16.2 Å². The molecule has 2 rings (SSSR count). The van der Waals surface area contributed by atoms with Gasteiger partial charge in [0.05, 0.1) is 11.6 Å². The molecule has 0 saturated heterocycles. The molecular weight excluding hydrogens is 228 g/mol. The fraction of sp³-hybridized carbons (Fsp3) is 0.308. The molecule has 0 fully saturated rings. The van der Waals surface area contributed by atoms with Gasteiger partial charge in [-0.2, -0.15) is 10.4 Å². The molecule has 0 N–H and O–H groups in total. The predicted octanol–water partition coefficient (Wildman–Crippen LogP) is 2.31. The first-order valence-corrected chi connectivity index (χ1v) is 5.72. The molecule has 18 heavy (non-hydrogen) atoms. The zero-order chi connectivity index (χ0) is 13.0. The Morgan fingerprint density at radius 3 is 3.00 bits per heavy atom. The lowest BCUT2D eigenvalue weighted by molar-refractivity contribution is 0.282. The smallest absolute Gasteiger partial charge is 0.165 e. The Hall–Kier alpha value is -2.35. The molecule has 0 aliphatic heterocycles. The summed E-state index contributed by atoms with van der Waals surface area (Å²) in [6.07, 6.45) is 1.52. The minimum atomic E-state index is 0.247. The van der Waals surface area contributed by atoms with Crippen LogP contribution in [-0.4, -0.2) is 14.8 Å². The maximum Gasteiger partial charge on any atom is 0.165 e. The van der Waals surface area contributed by atoms with Gasteiger partial charge in [-0.15, -0.1) is 0 Å². The second-order valence-electron chi connectivity index (χ2n) is 4.14. The molecule has 1 aromatic heterocycles. The van der Waals surface area contributed by atoms with E-state index in [1.807, 2.05) is 24.6 Å². The topological polar surface area (TPSA) is 63.7 Å². The number of ether oxygens (including phenoxy) is 1. The Bertz CT molecular complexity index is 568. The van der Waals surface area contributed by atoms with E-state index in [9.17, 15) is 0 Å². The van der Waals surface area contributed by atoms with E-state index in [0.29, 0.717) is 17.9 Å². The zero-order valence-corrected chi connectivity index (χ0v) is 10.4. The maximum absolute atomic E-state index is 8.80. The standard InChI is InChI=1S/C13H14N4O/c1-10(2)17-13(15-9-16-17)8-18-12-5-3-4-11(6-12)7-14/h3-6,9-10H,8H2,1-2H3. The number of nitrogens with zero attached hydrogens (tertiary/aromatic N) is 4. The predicted molar refractivity (Wildman–Crippen MR) is 65.9 cm³/mol. The van der Waals surface area contributed by atoms with E-state index < -0.39 is 0 Å². The van der Waals surface area contributed by atoms with E-state index >= 15 is 0 Å². The van der Waals surface area contributed by atoms with Crippen LogP contribution in [0, 0.1) is 11.3 Å². The quantitative estimate of drug-likeness (QED) is 0.825. The average Bonchev–Trinajstić information content (AvgIpc) is 2.85. The highest BCUT2D eigenvalue weighted by molar-refractivity contribution is 5.36. The third-order valence-electron chi connectivity index (χ3n) is 2.47. The van der Waals surface area contributed by atoms with Crippen molar-refractivity contribution in [3.8, 4) is 11.8 Å². The molecule has 0 spiro atoms. The van der Waals surface area contributed by atoms with Gasteiger partial charge in [0.25, 0.3) is 0 Å². The fourth-order valence-electron chi connectivity index (χ4n) is 1.61. The van der Waals surface area contributed by atoms with Crippen molar-refractivity contribution in [1.29, 1.82) is 5.26 Å². The minimum absolute atomic E-state index is 0.247. The van der Waals surface area contributed by atoms with Crippen molar-refractivity contribution in [2.24, 2.45) is 0 Å². The van der Waals surface area contributed by atoms with Gasteiger partial charge in [0.15, 0.2) is 5.82 Å². The van der Waals surface area contributed by atoms with Crippen LogP contribution >= 0.6 is 0 Å². The summed E-state index contributed by atoms with van der Waals surface area (Å²) in [5.74, 6) is 1.43. The molecule has 2 aromatic rings. The van der Waals surface area contributed by atoms with E-state index in [0.717, 1.165) is 5.82 Å². The molecule has 1 aromatic carbocycles. The normalized spacial score (nSPS) is 10.3. The van der Waals surface area contributed by atoms with Crippen LogP contribution in [0.1, 0.15) is 31.3 Å². The third kappa shape index (κ3) is 2.66. The summed E-state index contributed by atoms with van der Waals surface area (Å²) >= 11 is 0. The Kier molecular flexibility index (Phi) is 3.58. The van der Waals surface area contributed by atoms with Gasteiger partial charge in [0.1, 0.15) is 18.7 Å². The Labute approximate surface area is 106 Å². The molecule has 5 heteroatoms. The number of benzene rings is 1. The van der Waals surface area contributed by atoms with Gasteiger partial charge in [0.2, 0.25) is 0 Å². The molecule has 92 valence electrons. The highest BCUT2D eigenvalue weighted by atomic mass is 16.5. The summed E-state index contributed by atoms with van der Waals surface area (Å²) in [5.41, 5.74) is 0.581. The maximum atomic E-state index is 8.80. The van der Waals surface area contributed by atoms with Crippen molar-refractivity contribution < 1.29 is 4.74 Å². The second kappa shape index (κ2) is 5.32. The van der Waals surface area contributed by atoms with Gasteiger partial charge in [-0.3, -0.25) is 0 Å². The van der Waals surface area contributed by atoms with E-state index in [-0.39, 0.29) is 6.04 Å². The zero-order valence-electron chi connectivity index (χ0n) is 10.4. The molecule has 0 unspecified atom stereocenters. The van der Waals surface area contributed by atoms with Crippen molar-refractivity contribution in [3.63, 3.8) is 0 Å². The highest BCUT2D eigenvalue weighted by Gasteiger charge is 2.08. The molecule has 0 bridgehead atoms. The van der Waals surface area contributed by atoms with Crippen LogP contribution in [0.4, 0.5) is 0 Å². The summed E-state index contributed by atoms with van der Waals surface area (Å²) in [7, 11) is 0. The molecule has 0 saturated carbocycles. The summed E-state index contributed by atoms with van der Waals surface area (Å²) in [5, 5.41) is 12.9. The highest BCUT2D eigenvalue weighted by Crippen LogP contribution is 2.14. The first kappa shape index (κ1) is 12.1. The molecule has 0 aliphatic carbocycles. The fourth-order valence-corrected chi connectivity index (χ4v) is 1.61. The van der Waals surface area contributed by atoms with Crippen molar-refractivity contribution >= 4 is 0 Å². The molecule has 5 nitrogen and oxygen atoms in total. The van der Waals surface area contributed by atoms with Gasteiger partial charge in [-0.25, -0.2) is 9.67 Å². The number of hydrogen-bond acceptors (Lipinski definition) is 4. The molecule has 0 radical (unpaired) electrons. The summed E-state index contributed by atoms with van der Waals surface area (Å²) in [4.78, 5) is 4.16. The number of nitriles is 1. The lowest BCUT2D eigenvalue weighted by Gasteiger charge is -2.10. The summed E-state index contributed by atoms with van der Waals surface area (Å²) in [6.45, 7) is 4.41. The Morgan fingerprint density at radius 2 is 2.28 bits per heavy atom. The first-order valence-electron chi connectivity index (χ1n) is 5.72. The van der Waals surface area contributed by atoms with Crippen LogP contribution in [0.2, 0.25) is 0 Å². The van der Waals surface area contributed by atoms with E-state index in [1.54, 1.807) is 18.2 Å². The van der Waals surface area contributed by atoms with Crippen LogP contribution < -0.4 is 4.74 Å². The molecular formula is C13H14N4O. The first-order chi connectivity index (χ1) is 8.70. The monoisotopic (exact) mass is 242 g/mol. The third-order valence-corrected chi connectivity index (χ3v) is 2.47. The van der Waals surface area contributed by atoms with Crippen LogP contribution in [-0.2, 0) is 6.61 Å². The molecule has 1 heterocycles. The van der Waals surface area contributed by atoms with Crippen molar-refractivity contribution in [3.05, 3.63) is 42.0 Å². The van der Waals surface area contributed by atoms with E-state index in [4.69, 9.17) is 10.00 Å². The van der Waals surface area contributed by atoms with E-state index in [1.165, 1.54) is 6.33 Å². The Morgan fingerprint density at radius 1 is 1.44 bits per heavy atom. The van der Waals surface area contributed by atoms with Gasteiger partial charge < -0.3 is 4.74 Å². The average molecular weight is 242 g/mol. The lowest BCUT2D eigenvalue weighted by Crippen LogP contribution is -2.10. The summed E-state index contributed by atoms with van der Waals surface area (Å²) < 4.78 is 7.42. The number of hydrogen-bond donors (Lipinski definition) is 0. The largest absolute Gasteiger partial charge is 0.486 e. The Balaban J connectivity index is 2.07. The van der Waals surface area contributed by atoms with Crippen LogP contribution in [0.25, 0.3) is 0 Å². The van der Waals surface area contributed by atoms with Crippen molar-refractivity contribution in [1.82, 2.24) is 14.8 Å². The molecule has 0 amide bonds. The molecule has 0 aliphatic rings. The summed E-state index contributed by atoms with van der Waals surface area (Å²) in [6, 6.07) is 9.38. The van der Waals surface area contributed by atoms with Gasteiger partial charge in [0, 0.05) is 6.04 Å². The molecule has 0 atom stereocenters. The van der Waals surface area contributed by atoms with Crippen LogP contribution in [0.3, 0.4) is 0 Å². The SMILES string of the molecule is CC(C)n1ncnc1COc1cccc(C#N)c1. The van der Waals surface area contributed by atoms with Crippen LogP contribution in [0.15, 0.2) is 30.6 Å². The van der Waals surface area contributed by atoms with Crippen molar-refractivity contribution in [2.75, 3.05) is 0 Å². The van der Waals surface area contributed by atoms with Crippen LogP contribution in [0.5, 0.6) is 5.75 Å². The van der Waals surface area contributed by atoms with Gasteiger partial charge in [-0.1, -0.05) is 6.07 Å². The van der Waals surface area contributed by atoms with Gasteiger partial charge >= 0.3 is 0 Å². The van der Waals surface area contributed by atoms with Crippen molar-refractivity contribution in [2.45, 2.75) is 26.5 Å². The minimum Gasteiger partial charge on any atom is -0.486 e. The second-order valence-corrected chi connectivity index (χ2v) is 4.14. The number of rotatable bonds is 4.